The number of nitrogens with zero attached hydrogens (tertiary/aromatic N) is 1. The molecule has 0 bridgehead atoms. The molecule has 144 valence electrons. The van der Waals surface area contributed by atoms with E-state index in [1.54, 1.807) is 4.90 Å². The second kappa shape index (κ2) is 6.36. The number of ether oxygens (including phenoxy) is 1. The van der Waals surface area contributed by atoms with Crippen LogP contribution in [-0.4, -0.2) is 41.8 Å². The molecule has 0 unspecified atom stereocenters. The van der Waals surface area contributed by atoms with Crippen LogP contribution in [0, 0.1) is 11.3 Å². The largest absolute Gasteiger partial charge is 0.481 e. The minimum Gasteiger partial charge on any atom is -0.481 e. The molecular formula is C23H23NO4. The minimum atomic E-state index is -0.699. The Balaban J connectivity index is 1.24. The van der Waals surface area contributed by atoms with Gasteiger partial charge in [0.05, 0.1) is 5.92 Å². The predicted octanol–water partition coefficient (Wildman–Crippen LogP) is 4.12. The van der Waals surface area contributed by atoms with Gasteiger partial charge in [0.25, 0.3) is 0 Å². The highest BCUT2D eigenvalue weighted by molar-refractivity contribution is 5.79. The number of carboxylic acid groups (broad SMARTS) is 1. The second-order valence-electron chi connectivity index (χ2n) is 8.25. The maximum absolute atomic E-state index is 12.6. The van der Waals surface area contributed by atoms with Crippen molar-refractivity contribution in [1.29, 1.82) is 0 Å². The van der Waals surface area contributed by atoms with Crippen molar-refractivity contribution >= 4 is 12.1 Å². The summed E-state index contributed by atoms with van der Waals surface area (Å²) in [6.45, 7) is 1.49. The van der Waals surface area contributed by atoms with Crippen LogP contribution in [-0.2, 0) is 9.53 Å². The summed E-state index contributed by atoms with van der Waals surface area (Å²) in [5.74, 6) is -0.862. The first-order valence-corrected chi connectivity index (χ1v) is 9.92. The molecule has 5 rings (SSSR count). The molecule has 2 aromatic carbocycles. The highest BCUT2D eigenvalue weighted by atomic mass is 16.6. The van der Waals surface area contributed by atoms with E-state index in [9.17, 15) is 14.7 Å². The third-order valence-corrected chi connectivity index (χ3v) is 6.84. The van der Waals surface area contributed by atoms with Gasteiger partial charge in [-0.25, -0.2) is 4.79 Å². The molecule has 1 spiro atoms. The first kappa shape index (κ1) is 17.3. The highest BCUT2D eigenvalue weighted by Gasteiger charge is 2.59. The average Bonchev–Trinajstić information content (AvgIpc) is 3.33. The fraction of sp³-hybridized carbons (Fsp3) is 0.391. The summed E-state index contributed by atoms with van der Waals surface area (Å²) >= 11 is 0. The van der Waals surface area contributed by atoms with E-state index in [0.717, 1.165) is 19.3 Å². The first-order chi connectivity index (χ1) is 13.6. The molecule has 2 aromatic rings. The Morgan fingerprint density at radius 3 is 2.11 bits per heavy atom. The molecule has 1 heterocycles. The van der Waals surface area contributed by atoms with Gasteiger partial charge < -0.3 is 14.7 Å². The molecule has 2 aliphatic carbocycles. The Labute approximate surface area is 163 Å². The average molecular weight is 377 g/mol. The van der Waals surface area contributed by atoms with Crippen molar-refractivity contribution in [1.82, 2.24) is 4.90 Å². The van der Waals surface area contributed by atoms with E-state index in [0.29, 0.717) is 19.7 Å². The number of likely N-dealkylation sites (tertiary alicyclic amines) is 1. The zero-order valence-electron chi connectivity index (χ0n) is 15.6. The van der Waals surface area contributed by atoms with Crippen molar-refractivity contribution in [2.75, 3.05) is 19.7 Å². The summed E-state index contributed by atoms with van der Waals surface area (Å²) < 4.78 is 5.71. The molecule has 3 aliphatic rings. The molecule has 5 nitrogen and oxygen atoms in total. The summed E-state index contributed by atoms with van der Waals surface area (Å²) in [5, 5.41) is 9.21. The molecular weight excluding hydrogens is 354 g/mol. The van der Waals surface area contributed by atoms with Gasteiger partial charge >= 0.3 is 12.1 Å². The van der Waals surface area contributed by atoms with Crippen molar-refractivity contribution < 1.29 is 19.4 Å². The number of carbonyl (C=O) groups excluding carboxylic acids is 1. The fourth-order valence-electron chi connectivity index (χ4n) is 5.07. The Bertz CT molecular complexity index is 900. The van der Waals surface area contributed by atoms with Gasteiger partial charge in [-0.3, -0.25) is 4.79 Å². The van der Waals surface area contributed by atoms with Gasteiger partial charge in [-0.15, -0.1) is 0 Å². The zero-order valence-corrected chi connectivity index (χ0v) is 15.6. The number of carboxylic acids is 1. The predicted molar refractivity (Wildman–Crippen MR) is 104 cm³/mol. The summed E-state index contributed by atoms with van der Waals surface area (Å²) in [5.41, 5.74) is 4.76. The number of benzene rings is 2. The lowest BCUT2D eigenvalue weighted by Crippen LogP contribution is -2.40. The van der Waals surface area contributed by atoms with E-state index in [1.165, 1.54) is 22.3 Å². The molecule has 0 radical (unpaired) electrons. The molecule has 1 aliphatic heterocycles. The van der Waals surface area contributed by atoms with Crippen LogP contribution >= 0.6 is 0 Å². The lowest BCUT2D eigenvalue weighted by Gasteiger charge is -2.32. The summed E-state index contributed by atoms with van der Waals surface area (Å²) in [7, 11) is 0. The number of carbonyl (C=O) groups is 2. The maximum Gasteiger partial charge on any atom is 0.409 e. The van der Waals surface area contributed by atoms with Gasteiger partial charge in [0.2, 0.25) is 0 Å². The summed E-state index contributed by atoms with van der Waals surface area (Å²) in [4.78, 5) is 25.5. The van der Waals surface area contributed by atoms with Crippen LogP contribution in [0.15, 0.2) is 48.5 Å². The van der Waals surface area contributed by atoms with Crippen molar-refractivity contribution in [3.05, 3.63) is 59.7 Å². The maximum atomic E-state index is 12.6. The molecule has 5 heteroatoms. The van der Waals surface area contributed by atoms with Crippen LogP contribution in [0.3, 0.4) is 0 Å². The van der Waals surface area contributed by atoms with E-state index in [2.05, 4.69) is 24.3 Å². The van der Waals surface area contributed by atoms with Gasteiger partial charge in [-0.2, -0.15) is 0 Å². The third-order valence-electron chi connectivity index (χ3n) is 6.84. The molecule has 1 N–H and O–H groups in total. The molecule has 2 fully saturated rings. The van der Waals surface area contributed by atoms with E-state index < -0.39 is 5.97 Å². The van der Waals surface area contributed by atoms with Gasteiger partial charge in [-0.1, -0.05) is 48.5 Å². The number of amides is 1. The summed E-state index contributed by atoms with van der Waals surface area (Å²) in [6, 6.07) is 16.6. The Hall–Kier alpha value is -2.82. The standard InChI is InChI=1S/C23H23NO4/c25-21(26)20-13-23(20)9-11-24(12-10-23)22(27)28-14-19-17-7-3-1-5-15(17)16-6-2-4-8-18(16)19/h1-8,19-20H,9-14H2,(H,25,26)/t20-/m0/s1. The van der Waals surface area contributed by atoms with Crippen LogP contribution in [0.25, 0.3) is 11.1 Å². The van der Waals surface area contributed by atoms with Crippen LogP contribution in [0.5, 0.6) is 0 Å². The van der Waals surface area contributed by atoms with Gasteiger partial charge in [0.1, 0.15) is 6.61 Å². The van der Waals surface area contributed by atoms with Crippen LogP contribution in [0.4, 0.5) is 4.79 Å². The van der Waals surface area contributed by atoms with Gasteiger partial charge in [-0.05, 0) is 46.9 Å². The number of fused-ring (bicyclic) bond motifs is 3. The van der Waals surface area contributed by atoms with Crippen molar-refractivity contribution in [2.45, 2.75) is 25.2 Å². The number of rotatable bonds is 3. The fourth-order valence-corrected chi connectivity index (χ4v) is 5.07. The number of hydrogen-bond donors (Lipinski definition) is 1. The van der Waals surface area contributed by atoms with Crippen molar-refractivity contribution in [2.24, 2.45) is 11.3 Å². The lowest BCUT2D eigenvalue weighted by atomic mass is 9.91. The molecule has 1 saturated heterocycles. The van der Waals surface area contributed by atoms with E-state index in [4.69, 9.17) is 4.74 Å². The van der Waals surface area contributed by atoms with Crippen molar-refractivity contribution in [3.63, 3.8) is 0 Å². The number of hydrogen-bond acceptors (Lipinski definition) is 3. The normalized spacial score (nSPS) is 21.9. The lowest BCUT2D eigenvalue weighted by molar-refractivity contribution is -0.139. The minimum absolute atomic E-state index is 0.0623. The molecule has 1 atom stereocenters. The van der Waals surface area contributed by atoms with Gasteiger partial charge in [0.15, 0.2) is 0 Å². The molecule has 1 amide bonds. The summed E-state index contributed by atoms with van der Waals surface area (Å²) in [6.07, 6.45) is 1.98. The molecule has 28 heavy (non-hydrogen) atoms. The monoisotopic (exact) mass is 377 g/mol. The molecule has 0 aromatic heterocycles. The Kier molecular flexibility index (Phi) is 3.93. The number of piperidine rings is 1. The van der Waals surface area contributed by atoms with E-state index >= 15 is 0 Å². The Morgan fingerprint density at radius 1 is 1.00 bits per heavy atom. The Morgan fingerprint density at radius 2 is 1.57 bits per heavy atom. The van der Waals surface area contributed by atoms with E-state index in [-0.39, 0.29) is 23.3 Å². The smallest absolute Gasteiger partial charge is 0.409 e. The van der Waals surface area contributed by atoms with E-state index in [1.807, 2.05) is 24.3 Å². The van der Waals surface area contributed by atoms with Crippen molar-refractivity contribution in [3.8, 4) is 11.1 Å². The molecule has 1 saturated carbocycles. The number of aliphatic carboxylic acids is 1. The SMILES string of the molecule is O=C(O)[C@@H]1CC12CCN(C(=O)OCC1c3ccccc3-c3ccccc31)CC2. The quantitative estimate of drug-likeness (QED) is 0.874. The van der Waals surface area contributed by atoms with Crippen LogP contribution < -0.4 is 0 Å². The highest BCUT2D eigenvalue weighted by Crippen LogP contribution is 2.59. The second-order valence-corrected chi connectivity index (χ2v) is 8.25. The zero-order chi connectivity index (χ0) is 19.3. The first-order valence-electron chi connectivity index (χ1n) is 9.92. The van der Waals surface area contributed by atoms with Crippen LogP contribution in [0.1, 0.15) is 36.3 Å². The van der Waals surface area contributed by atoms with Crippen LogP contribution in [0.2, 0.25) is 0 Å². The van der Waals surface area contributed by atoms with Gasteiger partial charge in [0, 0.05) is 19.0 Å². The third kappa shape index (κ3) is 2.68. The topological polar surface area (TPSA) is 66.8 Å².